The summed E-state index contributed by atoms with van der Waals surface area (Å²) in [5.41, 5.74) is 1.81. The first-order valence-corrected chi connectivity index (χ1v) is 17.1. The van der Waals surface area contributed by atoms with E-state index >= 15 is 0 Å². The van der Waals surface area contributed by atoms with Crippen molar-refractivity contribution in [2.45, 2.75) is 57.8 Å². The van der Waals surface area contributed by atoms with Crippen LogP contribution in [0.15, 0.2) is 76.3 Å². The molecule has 11 nitrogen and oxygen atoms in total. The lowest BCUT2D eigenvalue weighted by Gasteiger charge is -2.18. The Morgan fingerprint density at radius 1 is 1.00 bits per heavy atom. The number of carbonyl (C=O) groups excluding carboxylic acids is 2. The summed E-state index contributed by atoms with van der Waals surface area (Å²) in [7, 11) is 5.52. The monoisotopic (exact) mass is 702 g/mol. The van der Waals surface area contributed by atoms with Crippen LogP contribution in [0.25, 0.3) is 0 Å². The van der Waals surface area contributed by atoms with E-state index in [0.717, 1.165) is 51.6 Å². The van der Waals surface area contributed by atoms with Crippen LogP contribution in [0.2, 0.25) is 5.02 Å². The number of benzene rings is 1. The maximum absolute atomic E-state index is 13.4. The van der Waals surface area contributed by atoms with Crippen molar-refractivity contribution in [2.24, 2.45) is 9.98 Å². The third-order valence-electron chi connectivity index (χ3n) is 6.96. The van der Waals surface area contributed by atoms with Gasteiger partial charge in [-0.2, -0.15) is 0 Å². The molecule has 2 amide bonds. The van der Waals surface area contributed by atoms with Crippen molar-refractivity contribution in [3.63, 3.8) is 0 Å². The lowest BCUT2D eigenvalue weighted by molar-refractivity contribution is -0.120. The average Bonchev–Trinajstić information content (AvgIpc) is 3.06. The second kappa shape index (κ2) is 25.2. The summed E-state index contributed by atoms with van der Waals surface area (Å²) in [4.78, 5) is 34.3. The van der Waals surface area contributed by atoms with Crippen LogP contribution in [-0.4, -0.2) is 89.5 Å². The number of unbranched alkanes of at least 4 members (excludes halogenated alkanes) is 4. The highest BCUT2D eigenvalue weighted by Gasteiger charge is 2.15. The molecule has 2 rings (SSSR count). The molecule has 0 saturated carbocycles. The van der Waals surface area contributed by atoms with E-state index in [1.165, 1.54) is 30.6 Å². The first-order valence-electron chi connectivity index (χ1n) is 16.7. The predicted molar refractivity (Wildman–Crippen MR) is 195 cm³/mol. The van der Waals surface area contributed by atoms with Gasteiger partial charge in [-0.3, -0.25) is 9.59 Å². The van der Waals surface area contributed by atoms with E-state index in [1.54, 1.807) is 19.2 Å². The number of nitrogens with zero attached hydrogens (tertiary/aromatic N) is 3. The number of aliphatic imine (C=N–C) groups is 2. The van der Waals surface area contributed by atoms with Gasteiger partial charge in [0.25, 0.3) is 0 Å². The molecule has 270 valence electrons. The molecule has 0 spiro atoms. The molecule has 1 aromatic carbocycles. The molecule has 1 aromatic rings. The van der Waals surface area contributed by atoms with Crippen LogP contribution < -0.4 is 16.0 Å². The van der Waals surface area contributed by atoms with Crippen LogP contribution in [0, 0.1) is 5.82 Å². The number of likely N-dealkylation sites (N-methyl/N-ethyl adjacent to an activating group) is 1. The summed E-state index contributed by atoms with van der Waals surface area (Å²) in [5, 5.41) is 8.47. The number of carbonyl (C=O) groups is 2. The summed E-state index contributed by atoms with van der Waals surface area (Å²) >= 11 is 5.84. The maximum Gasteiger partial charge on any atom is 0.248 e. The Hall–Kier alpha value is -3.84. The average molecular weight is 703 g/mol. The minimum Gasteiger partial charge on any atom is -0.491 e. The molecule has 49 heavy (non-hydrogen) atoms. The van der Waals surface area contributed by atoms with Crippen LogP contribution in [0.4, 0.5) is 10.1 Å². The predicted octanol–water partition coefficient (Wildman–Crippen LogP) is 6.15. The van der Waals surface area contributed by atoms with E-state index in [-0.39, 0.29) is 16.8 Å². The molecule has 3 N–H and O–H groups in total. The number of allylic oxidation sites excluding steroid dienone is 2. The van der Waals surface area contributed by atoms with Gasteiger partial charge in [-0.15, -0.1) is 0 Å². The van der Waals surface area contributed by atoms with Gasteiger partial charge in [0.05, 0.1) is 17.3 Å². The molecule has 1 aliphatic rings. The molecule has 13 heteroatoms. The van der Waals surface area contributed by atoms with Gasteiger partial charge in [-0.25, -0.2) is 14.4 Å². The number of hydrogen-bond acceptors (Lipinski definition) is 8. The highest BCUT2D eigenvalue weighted by atomic mass is 35.5. The number of nitrogens with one attached hydrogen (secondary N) is 3. The number of ether oxygens (including phenoxy) is 3. The third kappa shape index (κ3) is 19.7. The highest BCUT2D eigenvalue weighted by molar-refractivity contribution is 6.31. The molecule has 0 unspecified atom stereocenters. The highest BCUT2D eigenvalue weighted by Crippen LogP contribution is 2.21. The second-order valence-corrected chi connectivity index (χ2v) is 11.9. The Bertz CT molecular complexity index is 1340. The van der Waals surface area contributed by atoms with Crippen molar-refractivity contribution in [2.75, 3.05) is 66.0 Å². The molecule has 0 heterocycles. The van der Waals surface area contributed by atoms with Crippen molar-refractivity contribution >= 4 is 41.2 Å². The van der Waals surface area contributed by atoms with Gasteiger partial charge in [-0.05, 0) is 70.8 Å². The summed E-state index contributed by atoms with van der Waals surface area (Å²) < 4.78 is 30.9. The smallest absolute Gasteiger partial charge is 0.248 e. The van der Waals surface area contributed by atoms with E-state index in [1.807, 2.05) is 25.1 Å². The van der Waals surface area contributed by atoms with Crippen LogP contribution >= 0.6 is 11.6 Å². The molecule has 0 atom stereocenters. The lowest BCUT2D eigenvalue weighted by atomic mass is 10.1. The fourth-order valence-electron chi connectivity index (χ4n) is 4.30. The van der Waals surface area contributed by atoms with Gasteiger partial charge >= 0.3 is 0 Å². The van der Waals surface area contributed by atoms with Gasteiger partial charge in [0, 0.05) is 76.4 Å². The van der Waals surface area contributed by atoms with Crippen LogP contribution in [0.3, 0.4) is 0 Å². The summed E-state index contributed by atoms with van der Waals surface area (Å²) in [6.07, 6.45) is 15.7. The van der Waals surface area contributed by atoms with Gasteiger partial charge in [0.15, 0.2) is 0 Å². The Labute approximate surface area is 295 Å². The topological polar surface area (TPSA) is 126 Å². The van der Waals surface area contributed by atoms with Crippen LogP contribution in [0.1, 0.15) is 57.8 Å². The van der Waals surface area contributed by atoms with Crippen molar-refractivity contribution in [1.29, 1.82) is 0 Å². The van der Waals surface area contributed by atoms with E-state index in [2.05, 4.69) is 32.5 Å². The molecule has 0 radical (unpaired) electrons. The van der Waals surface area contributed by atoms with E-state index in [4.69, 9.17) is 25.8 Å². The molecule has 0 aliphatic heterocycles. The fraction of sp³-hybridized carbons (Fsp3) is 0.500. The minimum atomic E-state index is -0.510. The Kier molecular flexibility index (Phi) is 21.2. The standard InChI is InChI=1S/C36H52ClFN6O5/c1-28(42-30-15-17-32(38)31(37)25-30)40-27-41-29-16-18-33(43-36(46)14-12-19-44(3)4)34(26-29)49-24-11-10-23-48-22-9-8-21-47-20-7-5-6-13-35(45)39-2/h12,14-15,17-18,25-27,42H,1,5-11,13,16,19-24H2,2-4H3,(H,39,45)(H,43,46)/b14-12+,40-27-,41-29?. The van der Waals surface area contributed by atoms with Gasteiger partial charge in [-0.1, -0.05) is 36.8 Å². The largest absolute Gasteiger partial charge is 0.491 e. The summed E-state index contributed by atoms with van der Waals surface area (Å²) in [6, 6.07) is 4.23. The van der Waals surface area contributed by atoms with E-state index in [9.17, 15) is 14.0 Å². The van der Waals surface area contributed by atoms with Crippen LogP contribution in [0.5, 0.6) is 0 Å². The first kappa shape index (κ1) is 41.3. The first-order chi connectivity index (χ1) is 23.7. The quantitative estimate of drug-likeness (QED) is 0.0483. The van der Waals surface area contributed by atoms with E-state index < -0.39 is 5.82 Å². The van der Waals surface area contributed by atoms with Crippen molar-refractivity contribution in [3.8, 4) is 0 Å². The van der Waals surface area contributed by atoms with Crippen molar-refractivity contribution in [1.82, 2.24) is 15.5 Å². The van der Waals surface area contributed by atoms with E-state index in [0.29, 0.717) is 74.5 Å². The zero-order valence-electron chi connectivity index (χ0n) is 29.1. The molecular formula is C36H52ClFN6O5. The molecule has 0 saturated heterocycles. The SMILES string of the molecule is C=C(/N=C\N=C1C=C(OCCCCOCCCCOCCCCCC(=O)NC)C(NC(=O)/C=C/CN(C)C)=CC1)Nc1ccc(F)c(Cl)c1. The Balaban J connectivity index is 1.75. The zero-order chi connectivity index (χ0) is 35.7. The van der Waals surface area contributed by atoms with Crippen molar-refractivity contribution in [3.05, 3.63) is 77.2 Å². The summed E-state index contributed by atoms with van der Waals surface area (Å²) in [6.45, 7) is 7.69. The zero-order valence-corrected chi connectivity index (χ0v) is 29.8. The number of hydrogen-bond donors (Lipinski definition) is 3. The Morgan fingerprint density at radius 3 is 2.33 bits per heavy atom. The molecule has 0 fully saturated rings. The number of halogens is 2. The fourth-order valence-corrected chi connectivity index (χ4v) is 4.48. The number of rotatable bonds is 25. The molecule has 1 aliphatic carbocycles. The van der Waals surface area contributed by atoms with Crippen LogP contribution in [-0.2, 0) is 23.8 Å². The summed E-state index contributed by atoms with van der Waals surface area (Å²) in [5.74, 6) is 0.143. The molecule has 0 aromatic heterocycles. The lowest BCUT2D eigenvalue weighted by Crippen LogP contribution is -2.25. The molecular weight excluding hydrogens is 651 g/mol. The number of anilines is 1. The maximum atomic E-state index is 13.4. The minimum absolute atomic E-state index is 0.00550. The second-order valence-electron chi connectivity index (χ2n) is 11.5. The van der Waals surface area contributed by atoms with Gasteiger partial charge in [0.1, 0.15) is 23.7 Å². The normalized spacial score (nSPS) is 14.0. The number of amides is 2. The Morgan fingerprint density at radius 2 is 1.67 bits per heavy atom. The van der Waals surface area contributed by atoms with Gasteiger partial charge < -0.3 is 35.1 Å². The molecule has 0 bridgehead atoms. The van der Waals surface area contributed by atoms with Crippen molar-refractivity contribution < 1.29 is 28.2 Å². The van der Waals surface area contributed by atoms with Gasteiger partial charge in [0.2, 0.25) is 11.8 Å². The third-order valence-corrected chi connectivity index (χ3v) is 7.25.